The number of hydrogen-bond donors (Lipinski definition) is 1. The predicted molar refractivity (Wildman–Crippen MR) is 70.2 cm³/mol. The van der Waals surface area contributed by atoms with Gasteiger partial charge in [-0.3, -0.25) is 0 Å². The molecule has 0 spiro atoms. The maximum Gasteiger partial charge on any atom is 0.250 e. The first-order valence-corrected chi connectivity index (χ1v) is 8.54. The molecule has 0 aliphatic heterocycles. The van der Waals surface area contributed by atoms with Crippen molar-refractivity contribution in [2.24, 2.45) is 0 Å². The van der Waals surface area contributed by atoms with E-state index in [1.54, 1.807) is 12.1 Å². The summed E-state index contributed by atoms with van der Waals surface area (Å²) in [5, 5.41) is 0.620. The summed E-state index contributed by atoms with van der Waals surface area (Å²) in [5.74, 6) is 0. The molecule has 1 unspecified atom stereocenters. The zero-order valence-corrected chi connectivity index (χ0v) is 12.8. The van der Waals surface area contributed by atoms with E-state index < -0.39 is 10.0 Å². The third kappa shape index (κ3) is 3.81. The van der Waals surface area contributed by atoms with E-state index in [9.17, 15) is 8.42 Å². The van der Waals surface area contributed by atoms with E-state index in [1.165, 1.54) is 11.3 Å². The second-order valence-corrected chi connectivity index (χ2v) is 7.99. The average molecular weight is 377 g/mol. The van der Waals surface area contributed by atoms with Crippen molar-refractivity contribution >= 4 is 53.2 Å². The molecule has 7 heteroatoms. The zero-order valence-electron chi connectivity index (χ0n) is 8.04. The van der Waals surface area contributed by atoms with Crippen molar-refractivity contribution in [1.29, 1.82) is 0 Å². The first-order chi connectivity index (χ1) is 6.99. The van der Waals surface area contributed by atoms with Crippen LogP contribution in [0.25, 0.3) is 0 Å². The van der Waals surface area contributed by atoms with Gasteiger partial charge in [-0.05, 0) is 34.5 Å². The van der Waals surface area contributed by atoms with Crippen molar-refractivity contribution in [3.8, 4) is 0 Å². The maximum atomic E-state index is 11.8. The second kappa shape index (κ2) is 5.77. The molecule has 3 nitrogen and oxygen atoms in total. The Morgan fingerprint density at radius 1 is 1.53 bits per heavy atom. The number of hydrogen-bond acceptors (Lipinski definition) is 3. The zero-order chi connectivity index (χ0) is 11.5. The molecule has 0 radical (unpaired) electrons. The van der Waals surface area contributed by atoms with E-state index in [0.29, 0.717) is 9.54 Å². The molecule has 1 heterocycles. The molecule has 1 aromatic rings. The minimum atomic E-state index is -3.35. The van der Waals surface area contributed by atoms with Gasteiger partial charge in [-0.2, -0.15) is 0 Å². The largest absolute Gasteiger partial charge is 0.250 e. The molecule has 86 valence electrons. The van der Waals surface area contributed by atoms with E-state index in [2.05, 4.69) is 36.6 Å². The Morgan fingerprint density at radius 3 is 2.60 bits per heavy atom. The van der Waals surface area contributed by atoms with Crippen LogP contribution in [0.4, 0.5) is 0 Å². The van der Waals surface area contributed by atoms with Gasteiger partial charge in [-0.15, -0.1) is 11.3 Å². The van der Waals surface area contributed by atoms with Gasteiger partial charge in [0.2, 0.25) is 10.0 Å². The van der Waals surface area contributed by atoms with Gasteiger partial charge in [0, 0.05) is 11.4 Å². The summed E-state index contributed by atoms with van der Waals surface area (Å²) in [6.45, 7) is 1.94. The molecule has 0 aromatic carbocycles. The second-order valence-electron chi connectivity index (χ2n) is 2.94. The fourth-order valence-electron chi connectivity index (χ4n) is 0.944. The van der Waals surface area contributed by atoms with Crippen LogP contribution in [0.15, 0.2) is 20.1 Å². The fraction of sp³-hybridized carbons (Fsp3) is 0.500. The Balaban J connectivity index is 2.84. The number of nitrogens with one attached hydrogen (secondary N) is 1. The lowest BCUT2D eigenvalue weighted by atomic mass is 10.3. The maximum absolute atomic E-state index is 11.8. The quantitative estimate of drug-likeness (QED) is 0.803. The predicted octanol–water partition coefficient (Wildman–Crippen LogP) is 2.96. The van der Waals surface area contributed by atoms with Gasteiger partial charge >= 0.3 is 0 Å². The summed E-state index contributed by atoms with van der Waals surface area (Å²) < 4.78 is 27.5. The summed E-state index contributed by atoms with van der Waals surface area (Å²) >= 11 is 7.72. The Hall–Kier alpha value is 0.570. The number of halogens is 2. The molecule has 0 aliphatic rings. The molecule has 0 bridgehead atoms. The standard InChI is InChI=1S/C8H11Br2NO2S2/c1-2-6(5-9)11-15(12,13)8-4-3-7(10)14-8/h3-4,6,11H,2,5H2,1H3. The van der Waals surface area contributed by atoms with Gasteiger partial charge in [0.1, 0.15) is 4.21 Å². The molecule has 0 fully saturated rings. The van der Waals surface area contributed by atoms with E-state index in [0.717, 1.165) is 10.2 Å². The topological polar surface area (TPSA) is 46.2 Å². The van der Waals surface area contributed by atoms with E-state index in [-0.39, 0.29) is 6.04 Å². The lowest BCUT2D eigenvalue weighted by Crippen LogP contribution is -2.35. The molecule has 0 amide bonds. The third-order valence-electron chi connectivity index (χ3n) is 1.81. The van der Waals surface area contributed by atoms with Crippen LogP contribution in [-0.2, 0) is 10.0 Å². The van der Waals surface area contributed by atoms with Crippen LogP contribution in [0.3, 0.4) is 0 Å². The Morgan fingerprint density at radius 2 is 2.20 bits per heavy atom. The Bertz CT molecular complexity index is 412. The smallest absolute Gasteiger partial charge is 0.207 e. The Labute approximate surface area is 111 Å². The highest BCUT2D eigenvalue weighted by Gasteiger charge is 2.19. The molecule has 1 rings (SSSR count). The van der Waals surface area contributed by atoms with Gasteiger partial charge < -0.3 is 0 Å². The van der Waals surface area contributed by atoms with Gasteiger partial charge in [-0.25, -0.2) is 13.1 Å². The molecule has 0 aliphatic carbocycles. The molecule has 1 aromatic heterocycles. The molecule has 15 heavy (non-hydrogen) atoms. The average Bonchev–Trinajstić information content (AvgIpc) is 2.62. The van der Waals surface area contributed by atoms with E-state index >= 15 is 0 Å². The summed E-state index contributed by atoms with van der Waals surface area (Å²) in [6.07, 6.45) is 0.761. The highest BCUT2D eigenvalue weighted by molar-refractivity contribution is 9.11. The molecule has 1 N–H and O–H groups in total. The monoisotopic (exact) mass is 375 g/mol. The van der Waals surface area contributed by atoms with E-state index in [4.69, 9.17) is 0 Å². The molecule has 0 saturated heterocycles. The molecule has 1 atom stereocenters. The van der Waals surface area contributed by atoms with E-state index in [1.807, 2.05) is 6.92 Å². The molecule has 0 saturated carbocycles. The summed E-state index contributed by atoms with van der Waals surface area (Å²) in [7, 11) is -3.35. The van der Waals surface area contributed by atoms with Crippen LogP contribution in [0, 0.1) is 0 Å². The number of sulfonamides is 1. The van der Waals surface area contributed by atoms with Crippen LogP contribution >= 0.6 is 43.2 Å². The number of thiophene rings is 1. The van der Waals surface area contributed by atoms with Crippen LogP contribution in [0.1, 0.15) is 13.3 Å². The lowest BCUT2D eigenvalue weighted by molar-refractivity contribution is 0.561. The van der Waals surface area contributed by atoms with Crippen LogP contribution in [0.5, 0.6) is 0 Å². The fourth-order valence-corrected chi connectivity index (χ4v) is 5.12. The third-order valence-corrected chi connectivity index (χ3v) is 6.23. The summed E-state index contributed by atoms with van der Waals surface area (Å²) in [5.41, 5.74) is 0. The van der Waals surface area contributed by atoms with Crippen molar-refractivity contribution < 1.29 is 8.42 Å². The van der Waals surface area contributed by atoms with Crippen molar-refractivity contribution in [2.45, 2.75) is 23.6 Å². The normalized spacial score (nSPS) is 14.1. The number of alkyl halides is 1. The van der Waals surface area contributed by atoms with Crippen molar-refractivity contribution in [3.05, 3.63) is 15.9 Å². The highest BCUT2D eigenvalue weighted by Crippen LogP contribution is 2.26. The van der Waals surface area contributed by atoms with Crippen LogP contribution in [0.2, 0.25) is 0 Å². The summed E-state index contributed by atoms with van der Waals surface area (Å²) in [4.78, 5) is 0. The van der Waals surface area contributed by atoms with Crippen molar-refractivity contribution in [2.75, 3.05) is 5.33 Å². The SMILES string of the molecule is CCC(CBr)NS(=O)(=O)c1ccc(Br)s1. The van der Waals surface area contributed by atoms with Crippen molar-refractivity contribution in [3.63, 3.8) is 0 Å². The Kier molecular flexibility index (Phi) is 5.24. The molecular weight excluding hydrogens is 366 g/mol. The van der Waals surface area contributed by atoms with Gasteiger partial charge in [-0.1, -0.05) is 22.9 Å². The van der Waals surface area contributed by atoms with Crippen molar-refractivity contribution in [1.82, 2.24) is 4.72 Å². The number of rotatable bonds is 5. The lowest BCUT2D eigenvalue weighted by Gasteiger charge is -2.12. The van der Waals surface area contributed by atoms with Gasteiger partial charge in [0.15, 0.2) is 0 Å². The first kappa shape index (κ1) is 13.6. The first-order valence-electron chi connectivity index (χ1n) is 4.33. The minimum Gasteiger partial charge on any atom is -0.207 e. The van der Waals surface area contributed by atoms with Gasteiger partial charge in [0.05, 0.1) is 3.79 Å². The van der Waals surface area contributed by atoms with Crippen LogP contribution < -0.4 is 4.72 Å². The highest BCUT2D eigenvalue weighted by atomic mass is 79.9. The van der Waals surface area contributed by atoms with Gasteiger partial charge in [0.25, 0.3) is 0 Å². The molecular formula is C8H11Br2NO2S2. The minimum absolute atomic E-state index is 0.0594. The summed E-state index contributed by atoms with van der Waals surface area (Å²) in [6, 6.07) is 3.27. The van der Waals surface area contributed by atoms with Crippen LogP contribution in [-0.4, -0.2) is 19.8 Å².